The molecule has 21 heavy (non-hydrogen) atoms. The van der Waals surface area contributed by atoms with Crippen molar-refractivity contribution in [3.8, 4) is 0 Å². The molecular weight excluding hydrogens is 282 g/mol. The Bertz CT molecular complexity index is 590. The summed E-state index contributed by atoms with van der Waals surface area (Å²) in [5.74, 6) is -2.43. The summed E-state index contributed by atoms with van der Waals surface area (Å²) in [5, 5.41) is 2.50. The Balaban J connectivity index is 1.98. The minimum atomic E-state index is -0.687. The van der Waals surface area contributed by atoms with Crippen LogP contribution >= 0.6 is 0 Å². The van der Waals surface area contributed by atoms with Crippen LogP contribution in [0.25, 0.3) is 0 Å². The number of hydrogen-bond donors (Lipinski definition) is 1. The van der Waals surface area contributed by atoms with E-state index in [0.29, 0.717) is 12.8 Å². The summed E-state index contributed by atoms with van der Waals surface area (Å²) in [7, 11) is 0. The van der Waals surface area contributed by atoms with Crippen LogP contribution in [0.4, 0.5) is 8.78 Å². The Labute approximate surface area is 119 Å². The Morgan fingerprint density at radius 2 is 1.86 bits per heavy atom. The van der Waals surface area contributed by atoms with Crippen molar-refractivity contribution in [1.29, 1.82) is 0 Å². The van der Waals surface area contributed by atoms with Crippen LogP contribution in [-0.4, -0.2) is 42.4 Å². The second kappa shape index (κ2) is 6.43. The number of fused-ring (bicyclic) bond motifs is 1. The van der Waals surface area contributed by atoms with E-state index in [4.69, 9.17) is 0 Å². The second-order valence-corrected chi connectivity index (χ2v) is 4.63. The van der Waals surface area contributed by atoms with Crippen LogP contribution in [0.3, 0.4) is 0 Å². The number of nitrogens with zero attached hydrogens (tertiary/aromatic N) is 1. The normalized spacial score (nSPS) is 13.5. The summed E-state index contributed by atoms with van der Waals surface area (Å²) in [4.78, 5) is 36.4. The molecule has 1 heterocycles. The maximum atomic E-state index is 13.1. The van der Waals surface area contributed by atoms with Crippen molar-refractivity contribution in [2.75, 3.05) is 19.8 Å². The molecule has 1 aliphatic rings. The molecule has 1 aliphatic heterocycles. The SMILES string of the molecule is O=C(CN1C(=O)c2ccc(F)cc2C1=O)NCCCCF. The molecule has 0 aliphatic carbocycles. The molecule has 0 fully saturated rings. The average molecular weight is 296 g/mol. The third-order valence-corrected chi connectivity index (χ3v) is 3.12. The number of halogens is 2. The molecule has 3 amide bonds. The molecule has 0 atom stereocenters. The number of benzene rings is 1. The molecule has 0 bridgehead atoms. The van der Waals surface area contributed by atoms with Crippen molar-refractivity contribution in [2.24, 2.45) is 0 Å². The molecule has 112 valence electrons. The van der Waals surface area contributed by atoms with E-state index >= 15 is 0 Å². The molecule has 0 unspecified atom stereocenters. The third kappa shape index (κ3) is 3.24. The smallest absolute Gasteiger partial charge is 0.262 e. The molecular formula is C14H14F2N2O3. The zero-order chi connectivity index (χ0) is 15.4. The van der Waals surface area contributed by atoms with Crippen LogP contribution in [0.2, 0.25) is 0 Å². The van der Waals surface area contributed by atoms with Gasteiger partial charge in [0.15, 0.2) is 0 Å². The van der Waals surface area contributed by atoms with Gasteiger partial charge in [-0.2, -0.15) is 0 Å². The number of carbonyl (C=O) groups excluding carboxylic acids is 3. The lowest BCUT2D eigenvalue weighted by molar-refractivity contribution is -0.121. The number of alkyl halides is 1. The van der Waals surface area contributed by atoms with Gasteiger partial charge >= 0.3 is 0 Å². The maximum Gasteiger partial charge on any atom is 0.262 e. The first-order chi connectivity index (χ1) is 10.0. The molecule has 0 saturated heterocycles. The van der Waals surface area contributed by atoms with Gasteiger partial charge in [0.25, 0.3) is 11.8 Å². The third-order valence-electron chi connectivity index (χ3n) is 3.12. The van der Waals surface area contributed by atoms with E-state index in [1.54, 1.807) is 0 Å². The molecule has 7 heteroatoms. The Hall–Kier alpha value is -2.31. The van der Waals surface area contributed by atoms with E-state index < -0.39 is 36.8 Å². The molecule has 1 aromatic carbocycles. The van der Waals surface area contributed by atoms with Crippen molar-refractivity contribution in [1.82, 2.24) is 10.2 Å². The molecule has 2 rings (SSSR count). The lowest BCUT2D eigenvalue weighted by Crippen LogP contribution is -2.40. The van der Waals surface area contributed by atoms with Crippen LogP contribution in [0.15, 0.2) is 18.2 Å². The van der Waals surface area contributed by atoms with Crippen LogP contribution in [0, 0.1) is 5.82 Å². The molecule has 0 aromatic heterocycles. The van der Waals surface area contributed by atoms with E-state index in [1.807, 2.05) is 0 Å². The van der Waals surface area contributed by atoms with E-state index in [9.17, 15) is 23.2 Å². The molecule has 0 radical (unpaired) electrons. The predicted octanol–water partition coefficient (Wildman–Crippen LogP) is 1.29. The average Bonchev–Trinajstić information content (AvgIpc) is 2.68. The minimum absolute atomic E-state index is 0.0368. The number of carbonyl (C=O) groups is 3. The van der Waals surface area contributed by atoms with E-state index in [-0.39, 0.29) is 17.7 Å². The van der Waals surface area contributed by atoms with Gasteiger partial charge in [-0.15, -0.1) is 0 Å². The predicted molar refractivity (Wildman–Crippen MR) is 70.0 cm³/mol. The summed E-state index contributed by atoms with van der Waals surface area (Å²) in [6.45, 7) is -0.607. The van der Waals surface area contributed by atoms with E-state index in [2.05, 4.69) is 5.32 Å². The van der Waals surface area contributed by atoms with Crippen LogP contribution in [0.5, 0.6) is 0 Å². The second-order valence-electron chi connectivity index (χ2n) is 4.63. The van der Waals surface area contributed by atoms with E-state index in [1.165, 1.54) is 6.07 Å². The number of unbranched alkanes of at least 4 members (excludes halogenated alkanes) is 1. The molecule has 1 N–H and O–H groups in total. The zero-order valence-corrected chi connectivity index (χ0v) is 11.2. The van der Waals surface area contributed by atoms with Gasteiger partial charge in [0.2, 0.25) is 5.91 Å². The highest BCUT2D eigenvalue weighted by Gasteiger charge is 2.36. The quantitative estimate of drug-likeness (QED) is 0.635. The lowest BCUT2D eigenvalue weighted by atomic mass is 10.1. The highest BCUT2D eigenvalue weighted by molar-refractivity contribution is 6.22. The van der Waals surface area contributed by atoms with Gasteiger partial charge in [0.05, 0.1) is 17.8 Å². The van der Waals surface area contributed by atoms with Crippen molar-refractivity contribution < 1.29 is 23.2 Å². The van der Waals surface area contributed by atoms with Crippen LogP contribution in [0.1, 0.15) is 33.6 Å². The molecule has 0 spiro atoms. The zero-order valence-electron chi connectivity index (χ0n) is 11.2. The Morgan fingerprint density at radius 1 is 1.14 bits per heavy atom. The van der Waals surface area contributed by atoms with Gasteiger partial charge in [-0.3, -0.25) is 23.7 Å². The highest BCUT2D eigenvalue weighted by Crippen LogP contribution is 2.23. The summed E-state index contributed by atoms with van der Waals surface area (Å²) in [5.41, 5.74) is 0.0526. The summed E-state index contributed by atoms with van der Waals surface area (Å²) in [6, 6.07) is 3.29. The molecule has 0 saturated carbocycles. The first-order valence-electron chi connectivity index (χ1n) is 6.53. The fourth-order valence-electron chi connectivity index (χ4n) is 2.05. The number of nitrogens with one attached hydrogen (secondary N) is 1. The van der Waals surface area contributed by atoms with Gasteiger partial charge in [-0.25, -0.2) is 4.39 Å². The van der Waals surface area contributed by atoms with Gasteiger partial charge in [-0.1, -0.05) is 0 Å². The Kier molecular flexibility index (Phi) is 4.62. The monoisotopic (exact) mass is 296 g/mol. The summed E-state index contributed by atoms with van der Waals surface area (Å²) >= 11 is 0. The Morgan fingerprint density at radius 3 is 2.57 bits per heavy atom. The van der Waals surface area contributed by atoms with Crippen molar-refractivity contribution in [3.63, 3.8) is 0 Å². The van der Waals surface area contributed by atoms with Crippen LogP contribution < -0.4 is 5.32 Å². The standard InChI is InChI=1S/C14H14F2N2O3/c15-5-1-2-6-17-12(19)8-18-13(20)10-4-3-9(16)7-11(10)14(18)21/h3-4,7H,1-2,5-6,8H2,(H,17,19). The van der Waals surface area contributed by atoms with Crippen molar-refractivity contribution in [2.45, 2.75) is 12.8 Å². The van der Waals surface area contributed by atoms with Gasteiger partial charge in [0.1, 0.15) is 12.4 Å². The summed E-state index contributed by atoms with van der Waals surface area (Å²) < 4.78 is 25.0. The van der Waals surface area contributed by atoms with E-state index in [0.717, 1.165) is 17.0 Å². The molecule has 1 aromatic rings. The number of imide groups is 1. The largest absolute Gasteiger partial charge is 0.355 e. The van der Waals surface area contributed by atoms with Gasteiger partial charge in [-0.05, 0) is 31.0 Å². The van der Waals surface area contributed by atoms with Crippen LogP contribution in [-0.2, 0) is 4.79 Å². The highest BCUT2D eigenvalue weighted by atomic mass is 19.1. The summed E-state index contributed by atoms with van der Waals surface area (Å²) in [6.07, 6.45) is 0.822. The van der Waals surface area contributed by atoms with Crippen molar-refractivity contribution in [3.05, 3.63) is 35.1 Å². The fourth-order valence-corrected chi connectivity index (χ4v) is 2.05. The topological polar surface area (TPSA) is 66.5 Å². The first kappa shape index (κ1) is 15.1. The van der Waals surface area contributed by atoms with Gasteiger partial charge < -0.3 is 5.32 Å². The maximum absolute atomic E-state index is 13.1. The van der Waals surface area contributed by atoms with Gasteiger partial charge in [0, 0.05) is 6.54 Å². The number of amides is 3. The first-order valence-corrected chi connectivity index (χ1v) is 6.53. The lowest BCUT2D eigenvalue weighted by Gasteiger charge is -2.13. The fraction of sp³-hybridized carbons (Fsp3) is 0.357. The molecule has 5 nitrogen and oxygen atoms in total. The number of hydrogen-bond acceptors (Lipinski definition) is 3. The number of rotatable bonds is 6. The van der Waals surface area contributed by atoms with Crippen molar-refractivity contribution >= 4 is 17.7 Å². The minimum Gasteiger partial charge on any atom is -0.355 e.